The molecule has 0 fully saturated rings. The Labute approximate surface area is 117 Å². The van der Waals surface area contributed by atoms with Gasteiger partial charge in [0.05, 0.1) is 0 Å². The van der Waals surface area contributed by atoms with Gasteiger partial charge in [-0.3, -0.25) is 4.57 Å². The van der Waals surface area contributed by atoms with Crippen LogP contribution in [0.2, 0.25) is 0 Å². The van der Waals surface area contributed by atoms with Crippen LogP contribution < -0.4 is 0 Å². The van der Waals surface area contributed by atoms with Crippen molar-refractivity contribution in [2.45, 2.75) is 44.6 Å². The number of aliphatic carboxylic acids is 1. The third kappa shape index (κ3) is 1.52. The Morgan fingerprint density at radius 2 is 1.80 bits per heavy atom. The Bertz CT molecular complexity index is 566. The first-order valence-corrected chi connectivity index (χ1v) is 7.04. The van der Waals surface area contributed by atoms with E-state index in [1.165, 1.54) is 4.57 Å². The van der Waals surface area contributed by atoms with Crippen LogP contribution in [0.1, 0.15) is 55.7 Å². The molecule has 4 unspecified atom stereocenters. The van der Waals surface area contributed by atoms with Gasteiger partial charge in [-0.2, -0.15) is 0 Å². The first-order chi connectivity index (χ1) is 9.47. The van der Waals surface area contributed by atoms with E-state index >= 15 is 0 Å². The molecule has 3 N–H and O–H groups in total. The van der Waals surface area contributed by atoms with Gasteiger partial charge in [0.25, 0.3) is 0 Å². The highest BCUT2D eigenvalue weighted by molar-refractivity contribution is 5.74. The summed E-state index contributed by atoms with van der Waals surface area (Å²) in [5, 5.41) is 30.3. The number of carboxylic acid groups (broad SMARTS) is 1. The van der Waals surface area contributed by atoms with E-state index in [1.54, 1.807) is 0 Å². The topological polar surface area (TPSA) is 82.7 Å². The van der Waals surface area contributed by atoms with E-state index in [2.05, 4.69) is 0 Å². The highest BCUT2D eigenvalue weighted by atomic mass is 16.4. The number of allylic oxidation sites excluding steroid dienone is 2. The number of carbonyl (C=O) groups is 1. The normalized spacial score (nSPS) is 25.7. The lowest BCUT2D eigenvalue weighted by Crippen LogP contribution is -2.25. The zero-order chi connectivity index (χ0) is 14.6. The average molecular weight is 277 g/mol. The zero-order valence-electron chi connectivity index (χ0n) is 11.6. The molecule has 0 saturated carbocycles. The molecule has 1 aromatic heterocycles. The fourth-order valence-corrected chi connectivity index (χ4v) is 3.55. The Hall–Kier alpha value is -1.91. The van der Waals surface area contributed by atoms with Crippen LogP contribution in [0.5, 0.6) is 11.8 Å². The van der Waals surface area contributed by atoms with Crippen LogP contribution in [0, 0.1) is 5.92 Å². The Morgan fingerprint density at radius 1 is 1.30 bits per heavy atom. The SMILES string of the molecule is CCC(C)C(C(=O)O)n1c(O)c2c(c1O)C1C=CC2C1. The van der Waals surface area contributed by atoms with Gasteiger partial charge >= 0.3 is 5.97 Å². The molecule has 4 atom stereocenters. The smallest absolute Gasteiger partial charge is 0.327 e. The Morgan fingerprint density at radius 3 is 2.20 bits per heavy atom. The molecule has 5 heteroatoms. The van der Waals surface area contributed by atoms with Gasteiger partial charge in [0.1, 0.15) is 6.04 Å². The summed E-state index contributed by atoms with van der Waals surface area (Å²) in [6, 6.07) is -0.940. The largest absolute Gasteiger partial charge is 0.494 e. The van der Waals surface area contributed by atoms with Gasteiger partial charge in [0, 0.05) is 23.0 Å². The van der Waals surface area contributed by atoms with Crippen LogP contribution >= 0.6 is 0 Å². The molecule has 0 radical (unpaired) electrons. The molecule has 20 heavy (non-hydrogen) atoms. The first-order valence-electron chi connectivity index (χ1n) is 7.04. The second-order valence-corrected chi connectivity index (χ2v) is 5.85. The van der Waals surface area contributed by atoms with Crippen molar-refractivity contribution < 1.29 is 20.1 Å². The van der Waals surface area contributed by atoms with Crippen molar-refractivity contribution in [3.05, 3.63) is 23.3 Å². The van der Waals surface area contributed by atoms with E-state index in [1.807, 2.05) is 26.0 Å². The fraction of sp³-hybridized carbons (Fsp3) is 0.533. The molecule has 2 aliphatic rings. The van der Waals surface area contributed by atoms with Crippen LogP contribution in [0.3, 0.4) is 0 Å². The molecule has 0 saturated heterocycles. The summed E-state index contributed by atoms with van der Waals surface area (Å²) in [4.78, 5) is 11.6. The lowest BCUT2D eigenvalue weighted by atomic mass is 9.99. The first kappa shape index (κ1) is 13.1. The summed E-state index contributed by atoms with van der Waals surface area (Å²) in [7, 11) is 0. The van der Waals surface area contributed by atoms with E-state index in [0.29, 0.717) is 17.5 Å². The van der Waals surface area contributed by atoms with Crippen molar-refractivity contribution in [2.24, 2.45) is 5.92 Å². The third-order valence-electron chi connectivity index (χ3n) is 4.77. The molecule has 2 bridgehead atoms. The summed E-state index contributed by atoms with van der Waals surface area (Å²) in [6.07, 6.45) is 5.57. The molecule has 0 aliphatic heterocycles. The second kappa shape index (κ2) is 4.30. The number of aromatic hydroxyl groups is 2. The van der Waals surface area contributed by atoms with Crippen LogP contribution in [-0.2, 0) is 4.79 Å². The summed E-state index contributed by atoms with van der Waals surface area (Å²) in [5.74, 6) is -1.16. The molecule has 5 nitrogen and oxygen atoms in total. The second-order valence-electron chi connectivity index (χ2n) is 5.85. The van der Waals surface area contributed by atoms with Crippen molar-refractivity contribution in [3.63, 3.8) is 0 Å². The lowest BCUT2D eigenvalue weighted by molar-refractivity contribution is -0.142. The molecule has 2 aliphatic carbocycles. The van der Waals surface area contributed by atoms with E-state index in [4.69, 9.17) is 0 Å². The number of rotatable bonds is 4. The number of hydrogen-bond acceptors (Lipinski definition) is 3. The number of nitrogens with zero attached hydrogens (tertiary/aromatic N) is 1. The minimum atomic E-state index is -1.03. The highest BCUT2D eigenvalue weighted by Gasteiger charge is 2.43. The quantitative estimate of drug-likeness (QED) is 0.739. The van der Waals surface area contributed by atoms with Crippen molar-refractivity contribution in [1.29, 1.82) is 0 Å². The predicted octanol–water partition coefficient (Wildman–Crippen LogP) is 2.71. The lowest BCUT2D eigenvalue weighted by Gasteiger charge is -2.22. The van der Waals surface area contributed by atoms with Crippen LogP contribution in [0.15, 0.2) is 12.2 Å². The van der Waals surface area contributed by atoms with Gasteiger partial charge in [-0.05, 0) is 12.3 Å². The maximum atomic E-state index is 11.6. The Kier molecular flexibility index (Phi) is 2.81. The summed E-state index contributed by atoms with van der Waals surface area (Å²) >= 11 is 0. The molecule has 1 aromatic rings. The van der Waals surface area contributed by atoms with Crippen molar-refractivity contribution in [2.75, 3.05) is 0 Å². The molecular weight excluding hydrogens is 258 g/mol. The van der Waals surface area contributed by atoms with Crippen LogP contribution in [0.25, 0.3) is 0 Å². The third-order valence-corrected chi connectivity index (χ3v) is 4.77. The molecule has 3 rings (SSSR count). The minimum Gasteiger partial charge on any atom is -0.494 e. The molecule has 0 aromatic carbocycles. The molecule has 108 valence electrons. The highest BCUT2D eigenvalue weighted by Crippen LogP contribution is 2.57. The maximum Gasteiger partial charge on any atom is 0.327 e. The minimum absolute atomic E-state index is 0.0814. The van der Waals surface area contributed by atoms with E-state index in [9.17, 15) is 20.1 Å². The Balaban J connectivity index is 2.14. The van der Waals surface area contributed by atoms with Gasteiger partial charge in [-0.25, -0.2) is 4.79 Å². The zero-order valence-corrected chi connectivity index (χ0v) is 11.6. The maximum absolute atomic E-state index is 11.6. The van der Waals surface area contributed by atoms with Crippen molar-refractivity contribution >= 4 is 5.97 Å². The van der Waals surface area contributed by atoms with Gasteiger partial charge in [0.2, 0.25) is 0 Å². The molecule has 0 amide bonds. The number of fused-ring (bicyclic) bond motifs is 5. The average Bonchev–Trinajstić information content (AvgIpc) is 3.07. The van der Waals surface area contributed by atoms with Gasteiger partial charge < -0.3 is 15.3 Å². The van der Waals surface area contributed by atoms with E-state index in [0.717, 1.165) is 6.42 Å². The van der Waals surface area contributed by atoms with E-state index in [-0.39, 0.29) is 29.5 Å². The summed E-state index contributed by atoms with van der Waals surface area (Å²) in [5.41, 5.74) is 1.43. The van der Waals surface area contributed by atoms with Crippen molar-refractivity contribution in [3.8, 4) is 11.8 Å². The van der Waals surface area contributed by atoms with Crippen LogP contribution in [-0.4, -0.2) is 25.9 Å². The summed E-state index contributed by atoms with van der Waals surface area (Å²) < 4.78 is 1.20. The summed E-state index contributed by atoms with van der Waals surface area (Å²) in [6.45, 7) is 3.72. The standard InChI is InChI=1S/C15H19NO4/c1-3-7(2)12(15(19)20)16-13(17)10-8-4-5-9(6-8)11(10)14(16)18/h4-5,7-9,12,17-18H,3,6H2,1-2H3,(H,19,20). The van der Waals surface area contributed by atoms with Crippen LogP contribution in [0.4, 0.5) is 0 Å². The van der Waals surface area contributed by atoms with Gasteiger partial charge in [-0.1, -0.05) is 32.4 Å². The number of hydrogen-bond donors (Lipinski definition) is 3. The molecule has 0 spiro atoms. The number of aromatic nitrogens is 1. The fourth-order valence-electron chi connectivity index (χ4n) is 3.55. The van der Waals surface area contributed by atoms with Gasteiger partial charge in [-0.15, -0.1) is 0 Å². The predicted molar refractivity (Wildman–Crippen MR) is 73.1 cm³/mol. The molecular formula is C15H19NO4. The van der Waals surface area contributed by atoms with Gasteiger partial charge in [0.15, 0.2) is 11.8 Å². The monoisotopic (exact) mass is 277 g/mol. The number of carboxylic acids is 1. The molecule has 1 heterocycles. The van der Waals surface area contributed by atoms with Crippen molar-refractivity contribution in [1.82, 2.24) is 4.57 Å². The van der Waals surface area contributed by atoms with E-state index < -0.39 is 12.0 Å².